The average molecular weight is 323 g/mol. The molecule has 0 heterocycles. The van der Waals surface area contributed by atoms with Gasteiger partial charge in [0.05, 0.1) is 25.4 Å². The Balaban J connectivity index is 2.51. The molecule has 0 radical (unpaired) electrons. The van der Waals surface area contributed by atoms with Crippen LogP contribution in [0, 0.1) is 17.0 Å². The summed E-state index contributed by atoms with van der Waals surface area (Å²) in [5.74, 6) is 0. The van der Waals surface area contributed by atoms with Gasteiger partial charge in [-0.3, -0.25) is 14.9 Å². The lowest BCUT2D eigenvalue weighted by Gasteiger charge is -2.13. The number of nitro groups is 1. The second-order valence-electron chi connectivity index (χ2n) is 4.16. The lowest BCUT2D eigenvalue weighted by atomic mass is 10.2. The van der Waals surface area contributed by atoms with Crippen LogP contribution in [-0.2, 0) is 4.79 Å². The minimum Gasteiger partial charge on any atom is -0.327 e. The van der Waals surface area contributed by atoms with Crippen LogP contribution in [0.2, 0.25) is 5.02 Å². The van der Waals surface area contributed by atoms with Crippen molar-refractivity contribution in [3.05, 3.63) is 57.1 Å². The van der Waals surface area contributed by atoms with Crippen LogP contribution in [0.15, 0.2) is 46.2 Å². The van der Waals surface area contributed by atoms with Gasteiger partial charge < -0.3 is 5.32 Å². The van der Waals surface area contributed by atoms with Crippen LogP contribution in [0.5, 0.6) is 0 Å². The Hall–Kier alpha value is -2.05. The van der Waals surface area contributed by atoms with Crippen LogP contribution < -0.4 is 5.32 Å². The van der Waals surface area contributed by atoms with Crippen LogP contribution in [-0.4, -0.2) is 11.3 Å². The van der Waals surface area contributed by atoms with Crippen LogP contribution in [0.3, 0.4) is 0 Å². The van der Waals surface area contributed by atoms with Crippen molar-refractivity contribution in [2.75, 3.05) is 5.32 Å². The number of para-hydroxylation sites is 1. The van der Waals surface area contributed by atoms with Crippen molar-refractivity contribution in [2.45, 2.75) is 16.7 Å². The number of benzene rings is 2. The Labute approximate surface area is 130 Å². The Bertz CT molecular complexity index is 707. The molecule has 0 fully saturated rings. The summed E-state index contributed by atoms with van der Waals surface area (Å²) in [5, 5.41) is 14.1. The standard InChI is InChI=1S/C14H11ClN2O3S/c1-9-6-7-10(15)14(13(9)16-8-18)21-12-5-3-2-4-11(12)17(19)20/h2-8H,1H3,(H,16,18). The van der Waals surface area contributed by atoms with Gasteiger partial charge in [0.1, 0.15) is 0 Å². The highest BCUT2D eigenvalue weighted by atomic mass is 35.5. The van der Waals surface area contributed by atoms with E-state index in [-0.39, 0.29) is 5.69 Å². The zero-order chi connectivity index (χ0) is 15.4. The van der Waals surface area contributed by atoms with E-state index >= 15 is 0 Å². The maximum absolute atomic E-state index is 11.1. The van der Waals surface area contributed by atoms with Crippen LogP contribution >= 0.6 is 23.4 Å². The molecule has 0 spiro atoms. The van der Waals surface area contributed by atoms with Crippen LogP contribution in [0.4, 0.5) is 11.4 Å². The summed E-state index contributed by atoms with van der Waals surface area (Å²) in [6, 6.07) is 9.86. The molecule has 0 aliphatic heterocycles. The van der Waals surface area contributed by atoms with Crippen molar-refractivity contribution in [1.82, 2.24) is 0 Å². The molecule has 7 heteroatoms. The molecule has 0 aliphatic rings. The monoisotopic (exact) mass is 322 g/mol. The summed E-state index contributed by atoms with van der Waals surface area (Å²) < 4.78 is 0. The molecule has 2 aromatic carbocycles. The fraction of sp³-hybridized carbons (Fsp3) is 0.0714. The maximum atomic E-state index is 11.1. The molecular formula is C14H11ClN2O3S. The molecule has 0 aromatic heterocycles. The molecule has 0 saturated carbocycles. The highest BCUT2D eigenvalue weighted by Gasteiger charge is 2.18. The molecule has 0 saturated heterocycles. The summed E-state index contributed by atoms with van der Waals surface area (Å²) in [4.78, 5) is 22.4. The molecule has 0 bridgehead atoms. The number of aryl methyl sites for hydroxylation is 1. The van der Waals surface area contributed by atoms with Gasteiger partial charge in [0.2, 0.25) is 6.41 Å². The van der Waals surface area contributed by atoms with Gasteiger partial charge in [-0.1, -0.05) is 41.6 Å². The van der Waals surface area contributed by atoms with E-state index in [0.29, 0.717) is 26.9 Å². The van der Waals surface area contributed by atoms with E-state index in [2.05, 4.69) is 5.32 Å². The van der Waals surface area contributed by atoms with Crippen molar-refractivity contribution in [2.24, 2.45) is 0 Å². The third kappa shape index (κ3) is 3.34. The molecule has 2 aromatic rings. The topological polar surface area (TPSA) is 72.2 Å². The van der Waals surface area contributed by atoms with E-state index in [1.807, 2.05) is 6.92 Å². The maximum Gasteiger partial charge on any atom is 0.283 e. The summed E-state index contributed by atoms with van der Waals surface area (Å²) in [6.45, 7) is 1.83. The number of amides is 1. The number of anilines is 1. The number of hydrogen-bond acceptors (Lipinski definition) is 4. The molecule has 0 unspecified atom stereocenters. The Morgan fingerprint density at radius 1 is 1.29 bits per heavy atom. The molecule has 2 rings (SSSR count). The molecule has 1 N–H and O–H groups in total. The van der Waals surface area contributed by atoms with Gasteiger partial charge >= 0.3 is 0 Å². The third-order valence-corrected chi connectivity index (χ3v) is 4.42. The molecule has 21 heavy (non-hydrogen) atoms. The number of nitro benzene ring substituents is 1. The van der Waals surface area contributed by atoms with Gasteiger partial charge in [-0.15, -0.1) is 0 Å². The lowest BCUT2D eigenvalue weighted by molar-refractivity contribution is -0.387. The first-order valence-corrected chi connectivity index (χ1v) is 7.14. The van der Waals surface area contributed by atoms with E-state index < -0.39 is 4.92 Å². The summed E-state index contributed by atoms with van der Waals surface area (Å²) >= 11 is 7.33. The van der Waals surface area contributed by atoms with E-state index in [9.17, 15) is 14.9 Å². The molecule has 5 nitrogen and oxygen atoms in total. The minimum absolute atomic E-state index is 0.00266. The number of rotatable bonds is 5. The Morgan fingerprint density at radius 3 is 2.67 bits per heavy atom. The Kier molecular flexibility index (Phi) is 4.82. The zero-order valence-corrected chi connectivity index (χ0v) is 12.6. The third-order valence-electron chi connectivity index (χ3n) is 2.80. The predicted molar refractivity (Wildman–Crippen MR) is 83.1 cm³/mol. The fourth-order valence-corrected chi connectivity index (χ4v) is 3.17. The quantitative estimate of drug-likeness (QED) is 0.506. The summed E-state index contributed by atoms with van der Waals surface area (Å²) in [7, 11) is 0. The van der Waals surface area contributed by atoms with Crippen molar-refractivity contribution in [1.29, 1.82) is 0 Å². The molecule has 108 valence electrons. The second kappa shape index (κ2) is 6.60. The van der Waals surface area contributed by atoms with E-state index in [1.54, 1.807) is 30.3 Å². The highest BCUT2D eigenvalue weighted by molar-refractivity contribution is 7.99. The van der Waals surface area contributed by atoms with Crippen LogP contribution in [0.1, 0.15) is 5.56 Å². The number of halogens is 1. The van der Waals surface area contributed by atoms with Gasteiger partial charge in [0.15, 0.2) is 0 Å². The van der Waals surface area contributed by atoms with Crippen molar-refractivity contribution < 1.29 is 9.72 Å². The van der Waals surface area contributed by atoms with E-state index in [0.717, 1.165) is 17.3 Å². The Morgan fingerprint density at radius 2 is 2.00 bits per heavy atom. The van der Waals surface area contributed by atoms with E-state index in [4.69, 9.17) is 11.6 Å². The number of hydrogen-bond donors (Lipinski definition) is 1. The predicted octanol–water partition coefficient (Wildman–Crippen LogP) is 4.28. The first-order chi connectivity index (χ1) is 10.0. The molecule has 0 aliphatic carbocycles. The largest absolute Gasteiger partial charge is 0.327 e. The van der Waals surface area contributed by atoms with Gasteiger partial charge in [-0.25, -0.2) is 0 Å². The number of carbonyl (C=O) groups excluding carboxylic acids is 1. The summed E-state index contributed by atoms with van der Waals surface area (Å²) in [6.07, 6.45) is 0.558. The van der Waals surface area contributed by atoms with Gasteiger partial charge in [0, 0.05) is 6.07 Å². The molecular weight excluding hydrogens is 312 g/mol. The normalized spacial score (nSPS) is 10.2. The smallest absolute Gasteiger partial charge is 0.283 e. The minimum atomic E-state index is -0.446. The zero-order valence-electron chi connectivity index (χ0n) is 11.0. The fourth-order valence-electron chi connectivity index (χ4n) is 1.80. The number of nitrogens with one attached hydrogen (secondary N) is 1. The van der Waals surface area contributed by atoms with Gasteiger partial charge in [-0.2, -0.15) is 0 Å². The highest BCUT2D eigenvalue weighted by Crippen LogP contribution is 2.43. The summed E-state index contributed by atoms with van der Waals surface area (Å²) in [5.41, 5.74) is 1.38. The molecule has 0 atom stereocenters. The van der Waals surface area contributed by atoms with Gasteiger partial charge in [0.25, 0.3) is 5.69 Å². The van der Waals surface area contributed by atoms with Crippen molar-refractivity contribution >= 4 is 41.1 Å². The van der Waals surface area contributed by atoms with Crippen molar-refractivity contribution in [3.8, 4) is 0 Å². The molecule has 1 amide bonds. The lowest BCUT2D eigenvalue weighted by Crippen LogP contribution is -1.99. The number of nitrogens with zero attached hydrogens (tertiary/aromatic N) is 1. The van der Waals surface area contributed by atoms with Crippen molar-refractivity contribution in [3.63, 3.8) is 0 Å². The SMILES string of the molecule is Cc1ccc(Cl)c(Sc2ccccc2[N+](=O)[O-])c1NC=O. The first-order valence-electron chi connectivity index (χ1n) is 5.95. The van der Waals surface area contributed by atoms with E-state index in [1.165, 1.54) is 6.07 Å². The van der Waals surface area contributed by atoms with Crippen LogP contribution in [0.25, 0.3) is 0 Å². The number of carbonyl (C=O) groups is 1. The second-order valence-corrected chi connectivity index (χ2v) is 5.62. The van der Waals surface area contributed by atoms with Gasteiger partial charge in [-0.05, 0) is 24.6 Å². The average Bonchev–Trinajstić information content (AvgIpc) is 2.47. The first kappa shape index (κ1) is 15.3.